The van der Waals surface area contributed by atoms with Crippen molar-refractivity contribution in [2.24, 2.45) is 0 Å². The number of rotatable bonds is 5. The number of nitrogens with zero attached hydrogens (tertiary/aromatic N) is 3. The summed E-state index contributed by atoms with van der Waals surface area (Å²) in [5, 5.41) is 0. The molecule has 0 spiro atoms. The summed E-state index contributed by atoms with van der Waals surface area (Å²) in [5.41, 5.74) is 0.620. The Bertz CT molecular complexity index is 677. The van der Waals surface area contributed by atoms with Gasteiger partial charge in [0.2, 0.25) is 11.8 Å². The zero-order valence-corrected chi connectivity index (χ0v) is 15.6. The molecule has 2 amide bonds. The number of benzene rings is 1. The first kappa shape index (κ1) is 19.7. The molecule has 0 aliphatic carbocycles. The number of likely N-dealkylation sites (tertiary alicyclic amines) is 1. The third-order valence-corrected chi connectivity index (χ3v) is 5.37. The molecule has 2 saturated heterocycles. The highest BCUT2D eigenvalue weighted by atomic mass is 19.2. The van der Waals surface area contributed by atoms with Crippen molar-refractivity contribution in [3.05, 3.63) is 35.4 Å². The highest BCUT2D eigenvalue weighted by Gasteiger charge is 2.23. The zero-order valence-electron chi connectivity index (χ0n) is 15.6. The lowest BCUT2D eigenvalue weighted by Crippen LogP contribution is -2.41. The molecule has 2 heterocycles. The monoisotopic (exact) mass is 379 g/mol. The van der Waals surface area contributed by atoms with Crippen LogP contribution in [0.5, 0.6) is 0 Å². The van der Waals surface area contributed by atoms with Gasteiger partial charge in [0, 0.05) is 45.7 Å². The van der Waals surface area contributed by atoms with Gasteiger partial charge in [-0.2, -0.15) is 0 Å². The maximum atomic E-state index is 13.3. The van der Waals surface area contributed by atoms with Crippen LogP contribution < -0.4 is 0 Å². The highest BCUT2D eigenvalue weighted by molar-refractivity contribution is 5.78. The summed E-state index contributed by atoms with van der Waals surface area (Å²) in [6.07, 6.45) is 3.68. The Morgan fingerprint density at radius 1 is 0.815 bits per heavy atom. The highest BCUT2D eigenvalue weighted by Crippen LogP contribution is 2.13. The Kier molecular flexibility index (Phi) is 6.77. The molecule has 0 saturated carbocycles. The third kappa shape index (κ3) is 5.48. The predicted octanol–water partition coefficient (Wildman–Crippen LogP) is 2.05. The van der Waals surface area contributed by atoms with E-state index in [1.165, 1.54) is 6.07 Å². The van der Waals surface area contributed by atoms with Crippen molar-refractivity contribution in [3.63, 3.8) is 0 Å². The van der Waals surface area contributed by atoms with Crippen LogP contribution in [0.3, 0.4) is 0 Å². The molecule has 148 valence electrons. The summed E-state index contributed by atoms with van der Waals surface area (Å²) < 4.78 is 26.2. The van der Waals surface area contributed by atoms with Crippen molar-refractivity contribution in [2.75, 3.05) is 45.8 Å². The zero-order chi connectivity index (χ0) is 19.2. The van der Waals surface area contributed by atoms with Crippen LogP contribution in [-0.4, -0.2) is 72.3 Å². The molecule has 1 aromatic rings. The number of hydrogen-bond donors (Lipinski definition) is 0. The largest absolute Gasteiger partial charge is 0.342 e. The first-order valence-corrected chi connectivity index (χ1v) is 9.75. The van der Waals surface area contributed by atoms with Gasteiger partial charge in [-0.25, -0.2) is 8.78 Å². The second-order valence-electron chi connectivity index (χ2n) is 7.35. The molecule has 2 aliphatic rings. The average Bonchev–Trinajstić information content (AvgIpc) is 3.10. The summed E-state index contributed by atoms with van der Waals surface area (Å²) in [4.78, 5) is 30.7. The van der Waals surface area contributed by atoms with E-state index in [1.807, 2.05) is 9.80 Å². The van der Waals surface area contributed by atoms with Gasteiger partial charge in [0.05, 0.1) is 6.54 Å². The smallest absolute Gasteiger partial charge is 0.236 e. The van der Waals surface area contributed by atoms with Gasteiger partial charge < -0.3 is 9.80 Å². The maximum Gasteiger partial charge on any atom is 0.236 e. The summed E-state index contributed by atoms with van der Waals surface area (Å²) in [5.74, 6) is -1.55. The van der Waals surface area contributed by atoms with Crippen LogP contribution in [0.25, 0.3) is 0 Å². The van der Waals surface area contributed by atoms with Gasteiger partial charge in [-0.05, 0) is 43.4 Å². The van der Waals surface area contributed by atoms with Crippen LogP contribution in [0.1, 0.15) is 31.2 Å². The van der Waals surface area contributed by atoms with E-state index in [0.29, 0.717) is 38.2 Å². The average molecular weight is 379 g/mol. The number of hydrogen-bond acceptors (Lipinski definition) is 3. The Balaban J connectivity index is 1.44. The van der Waals surface area contributed by atoms with E-state index in [2.05, 4.69) is 4.90 Å². The van der Waals surface area contributed by atoms with E-state index in [0.717, 1.165) is 51.0 Å². The van der Waals surface area contributed by atoms with Crippen LogP contribution in [0.4, 0.5) is 8.78 Å². The molecule has 0 radical (unpaired) electrons. The number of aryl methyl sites for hydroxylation is 1. The fourth-order valence-electron chi connectivity index (χ4n) is 3.74. The molecule has 0 unspecified atom stereocenters. The van der Waals surface area contributed by atoms with E-state index in [9.17, 15) is 18.4 Å². The van der Waals surface area contributed by atoms with E-state index >= 15 is 0 Å². The maximum absolute atomic E-state index is 13.3. The number of carbonyl (C=O) groups is 2. The lowest BCUT2D eigenvalue weighted by molar-refractivity contribution is -0.131. The first-order chi connectivity index (χ1) is 13.0. The molecule has 0 bridgehead atoms. The first-order valence-electron chi connectivity index (χ1n) is 9.75. The summed E-state index contributed by atoms with van der Waals surface area (Å²) in [6, 6.07) is 3.76. The van der Waals surface area contributed by atoms with Crippen molar-refractivity contribution in [1.82, 2.24) is 14.7 Å². The van der Waals surface area contributed by atoms with E-state index < -0.39 is 11.6 Å². The molecular weight excluding hydrogens is 352 g/mol. The minimum atomic E-state index is -0.881. The number of halogens is 2. The van der Waals surface area contributed by atoms with Crippen LogP contribution >= 0.6 is 0 Å². The van der Waals surface area contributed by atoms with E-state index in [-0.39, 0.29) is 18.2 Å². The van der Waals surface area contributed by atoms with Crippen LogP contribution in [-0.2, 0) is 16.0 Å². The van der Waals surface area contributed by atoms with Gasteiger partial charge in [-0.1, -0.05) is 6.07 Å². The Morgan fingerprint density at radius 2 is 1.52 bits per heavy atom. The molecule has 1 aromatic carbocycles. The van der Waals surface area contributed by atoms with Gasteiger partial charge >= 0.3 is 0 Å². The van der Waals surface area contributed by atoms with Crippen molar-refractivity contribution >= 4 is 11.8 Å². The summed E-state index contributed by atoms with van der Waals surface area (Å²) in [7, 11) is 0. The quantitative estimate of drug-likeness (QED) is 0.787. The second kappa shape index (κ2) is 9.26. The molecule has 27 heavy (non-hydrogen) atoms. The fourth-order valence-corrected chi connectivity index (χ4v) is 3.74. The molecule has 5 nitrogen and oxygen atoms in total. The Hall–Kier alpha value is -2.02. The van der Waals surface area contributed by atoms with E-state index in [4.69, 9.17) is 0 Å². The van der Waals surface area contributed by atoms with Crippen LogP contribution in [0.15, 0.2) is 18.2 Å². The van der Waals surface area contributed by atoms with Crippen LogP contribution in [0.2, 0.25) is 0 Å². The minimum Gasteiger partial charge on any atom is -0.342 e. The summed E-state index contributed by atoms with van der Waals surface area (Å²) >= 11 is 0. The number of carbonyl (C=O) groups excluding carboxylic acids is 2. The van der Waals surface area contributed by atoms with Crippen molar-refractivity contribution in [2.45, 2.75) is 32.1 Å². The summed E-state index contributed by atoms with van der Waals surface area (Å²) in [6.45, 7) is 4.93. The van der Waals surface area contributed by atoms with Crippen molar-refractivity contribution in [3.8, 4) is 0 Å². The standard InChI is InChI=1S/C20H27F2N3O2/c21-17-6-4-16(14-18(17)22)5-7-19(26)25-11-3-8-23(12-13-25)15-20(27)24-9-1-2-10-24/h4,6,14H,1-3,5,7-13,15H2. The van der Waals surface area contributed by atoms with Gasteiger partial charge in [0.25, 0.3) is 0 Å². The SMILES string of the molecule is O=C(CCc1ccc(F)c(F)c1)N1CCCN(CC(=O)N2CCCC2)CC1. The molecule has 0 N–H and O–H groups in total. The van der Waals surface area contributed by atoms with Gasteiger partial charge in [-0.15, -0.1) is 0 Å². The van der Waals surface area contributed by atoms with Crippen molar-refractivity contribution < 1.29 is 18.4 Å². The fraction of sp³-hybridized carbons (Fsp3) is 0.600. The van der Waals surface area contributed by atoms with Crippen LogP contribution in [0, 0.1) is 11.6 Å². The molecule has 0 atom stereocenters. The topological polar surface area (TPSA) is 43.9 Å². The molecular formula is C20H27F2N3O2. The van der Waals surface area contributed by atoms with Gasteiger partial charge in [0.1, 0.15) is 0 Å². The molecule has 0 aromatic heterocycles. The Labute approximate surface area is 158 Å². The van der Waals surface area contributed by atoms with Crippen molar-refractivity contribution in [1.29, 1.82) is 0 Å². The lowest BCUT2D eigenvalue weighted by Gasteiger charge is -2.24. The molecule has 3 rings (SSSR count). The normalized spacial score (nSPS) is 18.6. The Morgan fingerprint density at radius 3 is 2.26 bits per heavy atom. The van der Waals surface area contributed by atoms with E-state index in [1.54, 1.807) is 0 Å². The molecule has 2 aliphatic heterocycles. The predicted molar refractivity (Wildman–Crippen MR) is 98.1 cm³/mol. The lowest BCUT2D eigenvalue weighted by atomic mass is 10.1. The number of amides is 2. The third-order valence-electron chi connectivity index (χ3n) is 5.37. The van der Waals surface area contributed by atoms with Gasteiger partial charge in [-0.3, -0.25) is 14.5 Å². The molecule has 7 heteroatoms. The second-order valence-corrected chi connectivity index (χ2v) is 7.35. The minimum absolute atomic E-state index is 0.0208. The molecule has 2 fully saturated rings. The van der Waals surface area contributed by atoms with Gasteiger partial charge in [0.15, 0.2) is 11.6 Å².